The maximum Gasteiger partial charge on any atom is 0.416 e. The summed E-state index contributed by atoms with van der Waals surface area (Å²) in [5, 5.41) is 8.72. The lowest BCUT2D eigenvalue weighted by Crippen LogP contribution is -2.29. The molecule has 0 aliphatic carbocycles. The molecule has 1 saturated heterocycles. The number of amides is 1. The Labute approximate surface area is 180 Å². The monoisotopic (exact) mass is 451 g/mol. The lowest BCUT2D eigenvalue weighted by atomic mass is 10.0. The van der Waals surface area contributed by atoms with Crippen molar-refractivity contribution in [3.05, 3.63) is 64.6 Å². The predicted molar refractivity (Wildman–Crippen MR) is 114 cm³/mol. The third-order valence-corrected chi connectivity index (χ3v) is 5.78. The summed E-state index contributed by atoms with van der Waals surface area (Å²) in [6, 6.07) is 12.0. The van der Waals surface area contributed by atoms with E-state index in [4.69, 9.17) is 17.3 Å². The lowest BCUT2D eigenvalue weighted by Gasteiger charge is -2.13. The zero-order valence-electron chi connectivity index (χ0n) is 15.5. The number of hydrogen-bond donors (Lipinski definition) is 1. The summed E-state index contributed by atoms with van der Waals surface area (Å²) in [4.78, 5) is 25.0. The van der Waals surface area contributed by atoms with Crippen LogP contribution >= 0.6 is 24.0 Å². The molecule has 0 atom stereocenters. The minimum atomic E-state index is -4.37. The van der Waals surface area contributed by atoms with Crippen LogP contribution in [0.25, 0.3) is 17.2 Å². The van der Waals surface area contributed by atoms with Gasteiger partial charge in [0.2, 0.25) is 0 Å². The molecule has 3 rings (SSSR count). The van der Waals surface area contributed by atoms with E-state index in [0.717, 1.165) is 35.0 Å². The number of carbonyl (C=O) groups is 2. The van der Waals surface area contributed by atoms with Crippen molar-refractivity contribution in [2.45, 2.75) is 19.0 Å². The summed E-state index contributed by atoms with van der Waals surface area (Å²) in [5.74, 6) is -1.19. The summed E-state index contributed by atoms with van der Waals surface area (Å²) < 4.78 is 38.4. The number of hydrogen-bond acceptors (Lipinski definition) is 4. The summed E-state index contributed by atoms with van der Waals surface area (Å²) in [6.07, 6.45) is -2.41. The van der Waals surface area contributed by atoms with Crippen molar-refractivity contribution in [1.29, 1.82) is 0 Å². The number of benzene rings is 2. The Morgan fingerprint density at radius 2 is 1.63 bits per heavy atom. The summed E-state index contributed by atoms with van der Waals surface area (Å²) in [7, 11) is 0. The van der Waals surface area contributed by atoms with Gasteiger partial charge in [0.1, 0.15) is 4.32 Å². The first-order chi connectivity index (χ1) is 14.1. The molecular formula is C21H16F3NO3S2. The van der Waals surface area contributed by atoms with Crippen LogP contribution in [0.15, 0.2) is 53.4 Å². The van der Waals surface area contributed by atoms with Gasteiger partial charge in [-0.25, -0.2) is 0 Å². The first-order valence-corrected chi connectivity index (χ1v) is 10.1. The molecule has 0 spiro atoms. The molecule has 1 aliphatic heterocycles. The van der Waals surface area contributed by atoms with Crippen molar-refractivity contribution < 1.29 is 27.9 Å². The van der Waals surface area contributed by atoms with Crippen molar-refractivity contribution >= 4 is 46.3 Å². The molecular weight excluding hydrogens is 435 g/mol. The fourth-order valence-electron chi connectivity index (χ4n) is 2.86. The standard InChI is InChI=1S/C21H16F3NO3S2/c22-21(23,24)16-9-7-15(8-10-16)14-5-3-13(4-6-14)12-17-19(28)25(20(29)30-17)11-1-2-18(26)27/h3-10,12H,1-2,11H2,(H,26,27). The van der Waals surface area contributed by atoms with Crippen molar-refractivity contribution in [1.82, 2.24) is 4.90 Å². The number of nitrogens with zero attached hydrogens (tertiary/aromatic N) is 1. The highest BCUT2D eigenvalue weighted by molar-refractivity contribution is 8.26. The first-order valence-electron chi connectivity index (χ1n) is 8.90. The van der Waals surface area contributed by atoms with Crippen LogP contribution < -0.4 is 0 Å². The molecule has 1 N–H and O–H groups in total. The van der Waals surface area contributed by atoms with E-state index in [9.17, 15) is 22.8 Å². The number of carbonyl (C=O) groups excluding carboxylic acids is 1. The van der Waals surface area contributed by atoms with E-state index >= 15 is 0 Å². The molecule has 0 unspecified atom stereocenters. The quantitative estimate of drug-likeness (QED) is 0.468. The molecule has 0 aromatic heterocycles. The van der Waals surface area contributed by atoms with Gasteiger partial charge in [0, 0.05) is 13.0 Å². The van der Waals surface area contributed by atoms with E-state index in [0.29, 0.717) is 21.2 Å². The molecule has 30 heavy (non-hydrogen) atoms. The highest BCUT2D eigenvalue weighted by atomic mass is 32.2. The van der Waals surface area contributed by atoms with Crippen LogP contribution in [0.5, 0.6) is 0 Å². The van der Waals surface area contributed by atoms with Gasteiger partial charge in [-0.15, -0.1) is 0 Å². The maximum absolute atomic E-state index is 12.7. The van der Waals surface area contributed by atoms with Gasteiger partial charge in [-0.05, 0) is 41.3 Å². The Bertz CT molecular complexity index is 1000. The minimum absolute atomic E-state index is 0.0402. The van der Waals surface area contributed by atoms with Gasteiger partial charge < -0.3 is 5.11 Å². The Kier molecular flexibility index (Phi) is 6.62. The molecule has 1 aliphatic rings. The number of thiocarbonyl (C=S) groups is 1. The molecule has 1 fully saturated rings. The number of aliphatic carboxylic acids is 1. The number of carboxylic acids is 1. The van der Waals surface area contributed by atoms with Crippen molar-refractivity contribution in [3.8, 4) is 11.1 Å². The van der Waals surface area contributed by atoms with Crippen LogP contribution in [-0.4, -0.2) is 32.7 Å². The van der Waals surface area contributed by atoms with E-state index in [2.05, 4.69) is 0 Å². The molecule has 2 aromatic rings. The van der Waals surface area contributed by atoms with Crippen LogP contribution in [0.1, 0.15) is 24.0 Å². The molecule has 9 heteroatoms. The van der Waals surface area contributed by atoms with Gasteiger partial charge in [-0.2, -0.15) is 13.2 Å². The van der Waals surface area contributed by atoms with Gasteiger partial charge in [0.15, 0.2) is 0 Å². The largest absolute Gasteiger partial charge is 0.481 e. The van der Waals surface area contributed by atoms with Crippen LogP contribution in [-0.2, 0) is 15.8 Å². The molecule has 0 saturated carbocycles. The Balaban J connectivity index is 1.70. The molecule has 4 nitrogen and oxygen atoms in total. The van der Waals surface area contributed by atoms with Crippen LogP contribution in [0.2, 0.25) is 0 Å². The van der Waals surface area contributed by atoms with Gasteiger partial charge in [-0.1, -0.05) is 60.4 Å². The summed E-state index contributed by atoms with van der Waals surface area (Å²) >= 11 is 6.37. The number of alkyl halides is 3. The van der Waals surface area contributed by atoms with E-state index in [1.807, 2.05) is 0 Å². The van der Waals surface area contributed by atoms with Gasteiger partial charge in [-0.3, -0.25) is 14.5 Å². The van der Waals surface area contributed by atoms with Crippen LogP contribution in [0.3, 0.4) is 0 Å². The second-order valence-electron chi connectivity index (χ2n) is 6.53. The highest BCUT2D eigenvalue weighted by Crippen LogP contribution is 2.34. The minimum Gasteiger partial charge on any atom is -0.481 e. The van der Waals surface area contributed by atoms with E-state index in [-0.39, 0.29) is 18.9 Å². The third-order valence-electron chi connectivity index (χ3n) is 4.40. The number of halogens is 3. The predicted octanol–water partition coefficient (Wildman–Crippen LogP) is 5.44. The van der Waals surface area contributed by atoms with Crippen molar-refractivity contribution in [2.24, 2.45) is 0 Å². The molecule has 156 valence electrons. The third kappa shape index (κ3) is 5.28. The molecule has 1 heterocycles. The second-order valence-corrected chi connectivity index (χ2v) is 8.20. The van der Waals surface area contributed by atoms with Gasteiger partial charge >= 0.3 is 12.1 Å². The smallest absolute Gasteiger partial charge is 0.416 e. The summed E-state index contributed by atoms with van der Waals surface area (Å²) in [5.41, 5.74) is 1.45. The Hall–Kier alpha value is -2.65. The average molecular weight is 451 g/mol. The Morgan fingerprint density at radius 1 is 1.07 bits per heavy atom. The van der Waals surface area contributed by atoms with E-state index in [1.165, 1.54) is 17.0 Å². The highest BCUT2D eigenvalue weighted by Gasteiger charge is 2.32. The molecule has 0 bridgehead atoms. The first kappa shape index (κ1) is 22.0. The SMILES string of the molecule is O=C(O)CCCN1C(=O)C(=Cc2ccc(-c3ccc(C(F)(F)F)cc3)cc2)SC1=S. The fourth-order valence-corrected chi connectivity index (χ4v) is 4.16. The zero-order chi connectivity index (χ0) is 21.9. The molecule has 1 amide bonds. The number of carboxylic acid groups (broad SMARTS) is 1. The lowest BCUT2D eigenvalue weighted by molar-refractivity contribution is -0.138. The fraction of sp³-hybridized carbons (Fsp3) is 0.190. The molecule has 0 radical (unpaired) electrons. The number of thioether (sulfide) groups is 1. The van der Waals surface area contributed by atoms with Gasteiger partial charge in [0.05, 0.1) is 10.5 Å². The van der Waals surface area contributed by atoms with E-state index < -0.39 is 17.7 Å². The second kappa shape index (κ2) is 9.01. The zero-order valence-corrected chi connectivity index (χ0v) is 17.1. The van der Waals surface area contributed by atoms with Crippen molar-refractivity contribution in [2.75, 3.05) is 6.54 Å². The number of rotatable bonds is 6. The average Bonchev–Trinajstić information content (AvgIpc) is 2.95. The normalized spacial score (nSPS) is 15.8. The van der Waals surface area contributed by atoms with Crippen LogP contribution in [0, 0.1) is 0 Å². The summed E-state index contributed by atoms with van der Waals surface area (Å²) in [6.45, 7) is 0.251. The maximum atomic E-state index is 12.7. The Morgan fingerprint density at radius 3 is 2.17 bits per heavy atom. The topological polar surface area (TPSA) is 57.6 Å². The van der Waals surface area contributed by atoms with Crippen LogP contribution in [0.4, 0.5) is 13.2 Å². The van der Waals surface area contributed by atoms with E-state index in [1.54, 1.807) is 30.3 Å². The van der Waals surface area contributed by atoms with Gasteiger partial charge in [0.25, 0.3) is 5.91 Å². The molecule has 2 aromatic carbocycles. The van der Waals surface area contributed by atoms with Crippen molar-refractivity contribution in [3.63, 3.8) is 0 Å².